The van der Waals surface area contributed by atoms with E-state index in [1.807, 2.05) is 0 Å². The van der Waals surface area contributed by atoms with Crippen LogP contribution in [-0.2, 0) is 19.1 Å². The van der Waals surface area contributed by atoms with Crippen LogP contribution in [0.15, 0.2) is 30.3 Å². The van der Waals surface area contributed by atoms with Crippen LogP contribution in [-0.4, -0.2) is 52.7 Å². The number of alkyl halides is 1. The van der Waals surface area contributed by atoms with E-state index in [0.717, 1.165) is 10.9 Å². The summed E-state index contributed by atoms with van der Waals surface area (Å²) in [6.45, 7) is 1.71. The zero-order valence-corrected chi connectivity index (χ0v) is 20.2. The molecule has 0 unspecified atom stereocenters. The number of ketones is 1. The number of carbonyl (C=O) groups is 4. The van der Waals surface area contributed by atoms with Crippen LogP contribution in [0, 0.1) is 5.92 Å². The van der Waals surface area contributed by atoms with E-state index in [9.17, 15) is 23.6 Å². The number of aromatic nitrogens is 1. The number of aliphatic carboxylic acids is 1. The van der Waals surface area contributed by atoms with E-state index in [1.54, 1.807) is 38.1 Å². The van der Waals surface area contributed by atoms with Crippen LogP contribution in [0.25, 0.3) is 21.8 Å². The van der Waals surface area contributed by atoms with Crippen LogP contribution in [0.4, 0.5) is 14.9 Å². The van der Waals surface area contributed by atoms with Gasteiger partial charge in [-0.1, -0.05) is 37.0 Å². The van der Waals surface area contributed by atoms with Gasteiger partial charge in [0.25, 0.3) is 5.91 Å². The number of carboxylic acids is 1. The average molecular weight is 526 g/mol. The van der Waals surface area contributed by atoms with Crippen molar-refractivity contribution in [3.05, 3.63) is 40.4 Å². The Morgan fingerprint density at radius 2 is 1.77 bits per heavy atom. The van der Waals surface area contributed by atoms with Crippen molar-refractivity contribution in [1.82, 2.24) is 10.3 Å². The highest BCUT2D eigenvalue weighted by Gasteiger charge is 2.31. The Hall–Kier alpha value is -3.37. The van der Waals surface area contributed by atoms with Gasteiger partial charge in [-0.2, -0.15) is 0 Å². The van der Waals surface area contributed by atoms with E-state index in [2.05, 4.69) is 15.6 Å². The summed E-state index contributed by atoms with van der Waals surface area (Å²) in [5.41, 5.74) is 1.58. The smallest absolute Gasteiger partial charge is 0.412 e. The lowest BCUT2D eigenvalue weighted by Gasteiger charge is -2.23. The zero-order chi connectivity index (χ0) is 25.9. The number of benzene rings is 2. The highest BCUT2D eigenvalue weighted by Crippen LogP contribution is 2.34. The number of aromatic amines is 1. The fourth-order valence-electron chi connectivity index (χ4n) is 3.55. The molecule has 0 spiro atoms. The molecule has 0 aliphatic carbocycles. The predicted octanol–water partition coefficient (Wildman–Crippen LogP) is 4.70. The summed E-state index contributed by atoms with van der Waals surface area (Å²) >= 11 is 12.3. The molecular formula is C23H22Cl2FN3O6. The number of anilines is 1. The largest absolute Gasteiger partial charge is 0.481 e. The van der Waals surface area contributed by atoms with Crippen LogP contribution in [0.2, 0.25) is 10.0 Å². The maximum atomic E-state index is 12.8. The Balaban J connectivity index is 1.82. The van der Waals surface area contributed by atoms with Crippen molar-refractivity contribution < 1.29 is 33.4 Å². The van der Waals surface area contributed by atoms with E-state index >= 15 is 0 Å². The fourth-order valence-corrected chi connectivity index (χ4v) is 3.94. The Morgan fingerprint density at radius 1 is 1.09 bits per heavy atom. The summed E-state index contributed by atoms with van der Waals surface area (Å²) in [6, 6.07) is 6.84. The molecule has 35 heavy (non-hydrogen) atoms. The molecule has 2 atom stereocenters. The number of fused-ring (bicyclic) bond motifs is 3. The van der Waals surface area contributed by atoms with Crippen molar-refractivity contribution in [3.8, 4) is 0 Å². The molecule has 3 rings (SSSR count). The van der Waals surface area contributed by atoms with Crippen LogP contribution in [0.1, 0.15) is 20.3 Å². The van der Waals surface area contributed by atoms with Crippen LogP contribution >= 0.6 is 23.2 Å². The van der Waals surface area contributed by atoms with Gasteiger partial charge in [0.15, 0.2) is 11.9 Å². The average Bonchev–Trinajstić information content (AvgIpc) is 3.13. The Labute approximate surface area is 208 Å². The Bertz CT molecular complexity index is 1310. The first kappa shape index (κ1) is 26.2. The molecule has 2 aromatic carbocycles. The van der Waals surface area contributed by atoms with Gasteiger partial charge >= 0.3 is 12.1 Å². The van der Waals surface area contributed by atoms with Gasteiger partial charge in [0.05, 0.1) is 17.6 Å². The first-order chi connectivity index (χ1) is 16.5. The molecule has 9 nitrogen and oxygen atoms in total. The molecule has 0 saturated heterocycles. The molecule has 186 valence electrons. The van der Waals surface area contributed by atoms with Gasteiger partial charge in [-0.15, -0.1) is 0 Å². The highest BCUT2D eigenvalue weighted by molar-refractivity contribution is 6.34. The normalized spacial score (nSPS) is 13.0. The predicted molar refractivity (Wildman–Crippen MR) is 130 cm³/mol. The number of rotatable bonds is 9. The van der Waals surface area contributed by atoms with Crippen molar-refractivity contribution in [1.29, 1.82) is 0 Å². The molecule has 1 aromatic heterocycles. The van der Waals surface area contributed by atoms with Gasteiger partial charge in [-0.3, -0.25) is 19.7 Å². The number of hydrogen-bond donors (Lipinski definition) is 4. The SMILES string of the molecule is CC(C)[C@H](OC(=O)Nc1cc(Cl)cc2c1[nH]c1ccc(Cl)cc12)C(=O)N[C@@H](CC(=O)O)C(=O)CF. The third-order valence-corrected chi connectivity index (χ3v) is 5.64. The van der Waals surface area contributed by atoms with Crippen molar-refractivity contribution in [2.24, 2.45) is 5.92 Å². The van der Waals surface area contributed by atoms with Gasteiger partial charge in [-0.25, -0.2) is 9.18 Å². The minimum Gasteiger partial charge on any atom is -0.481 e. The van der Waals surface area contributed by atoms with Gasteiger partial charge in [0.2, 0.25) is 0 Å². The number of H-pyrrole nitrogens is 1. The summed E-state index contributed by atoms with van der Waals surface area (Å²) < 4.78 is 18.1. The van der Waals surface area contributed by atoms with Crippen molar-refractivity contribution in [2.45, 2.75) is 32.4 Å². The molecule has 2 amide bonds. The van der Waals surface area contributed by atoms with Crippen molar-refractivity contribution in [3.63, 3.8) is 0 Å². The standard InChI is InChI=1S/C23H22Cl2FN3O6/c1-10(2)21(22(33)28-16(8-19(31)32)18(30)9-26)35-23(34)29-17-7-12(25)6-14-13-5-11(24)3-4-15(13)27-20(14)17/h3-7,10,16,21,27H,8-9H2,1-2H3,(H,28,33)(H,29,34)(H,31,32)/t16-,21-/m0/s1. The van der Waals surface area contributed by atoms with Gasteiger partial charge in [-0.05, 0) is 36.2 Å². The van der Waals surface area contributed by atoms with Gasteiger partial charge in [0.1, 0.15) is 12.7 Å². The second-order valence-electron chi connectivity index (χ2n) is 8.14. The van der Waals surface area contributed by atoms with Crippen LogP contribution < -0.4 is 10.6 Å². The van der Waals surface area contributed by atoms with E-state index in [4.69, 9.17) is 33.0 Å². The quantitative estimate of drug-likeness (QED) is 0.319. The maximum Gasteiger partial charge on any atom is 0.412 e. The molecule has 0 radical (unpaired) electrons. The summed E-state index contributed by atoms with van der Waals surface area (Å²) in [5.74, 6) is -3.99. The van der Waals surface area contributed by atoms with Crippen LogP contribution in [0.5, 0.6) is 0 Å². The molecule has 0 bridgehead atoms. The monoisotopic (exact) mass is 525 g/mol. The number of hydrogen-bond acceptors (Lipinski definition) is 5. The number of amides is 2. The zero-order valence-electron chi connectivity index (χ0n) is 18.7. The first-order valence-corrected chi connectivity index (χ1v) is 11.2. The van der Waals surface area contributed by atoms with E-state index in [1.165, 1.54) is 6.07 Å². The topological polar surface area (TPSA) is 138 Å². The third-order valence-electron chi connectivity index (χ3n) is 5.18. The Morgan fingerprint density at radius 3 is 2.40 bits per heavy atom. The molecule has 1 heterocycles. The molecule has 0 saturated carbocycles. The number of halogens is 3. The second-order valence-corrected chi connectivity index (χ2v) is 9.02. The molecule has 12 heteroatoms. The van der Waals surface area contributed by atoms with Crippen LogP contribution in [0.3, 0.4) is 0 Å². The van der Waals surface area contributed by atoms with Gasteiger partial charge < -0.3 is 20.1 Å². The van der Waals surface area contributed by atoms with E-state index in [0.29, 0.717) is 20.9 Å². The lowest BCUT2D eigenvalue weighted by atomic mass is 10.0. The summed E-state index contributed by atoms with van der Waals surface area (Å²) in [7, 11) is 0. The molecule has 0 fully saturated rings. The highest BCUT2D eigenvalue weighted by atomic mass is 35.5. The van der Waals surface area contributed by atoms with Crippen molar-refractivity contribution in [2.75, 3.05) is 12.0 Å². The molecule has 3 aromatic rings. The number of ether oxygens (including phenoxy) is 1. The molecule has 0 aliphatic heterocycles. The van der Waals surface area contributed by atoms with Gasteiger partial charge in [0, 0.05) is 26.3 Å². The summed E-state index contributed by atoms with van der Waals surface area (Å²) in [4.78, 5) is 51.2. The third kappa shape index (κ3) is 6.20. The van der Waals surface area contributed by atoms with Crippen molar-refractivity contribution >= 4 is 74.4 Å². The maximum absolute atomic E-state index is 12.8. The Kier molecular flexibility index (Phi) is 8.18. The lowest BCUT2D eigenvalue weighted by Crippen LogP contribution is -2.49. The molecule has 0 aliphatic rings. The summed E-state index contributed by atoms with van der Waals surface area (Å²) in [5, 5.41) is 16.0. The van der Waals surface area contributed by atoms with E-state index < -0.39 is 54.9 Å². The number of nitrogens with one attached hydrogen (secondary N) is 3. The first-order valence-electron chi connectivity index (χ1n) is 10.5. The number of carbonyl (C=O) groups excluding carboxylic acids is 3. The summed E-state index contributed by atoms with van der Waals surface area (Å²) in [6.07, 6.45) is -3.20. The minimum atomic E-state index is -1.59. The molecular weight excluding hydrogens is 504 g/mol. The number of carboxylic acid groups (broad SMARTS) is 1. The number of Topliss-reactive ketones (excluding diaryl/α,β-unsaturated/α-hetero) is 1. The second kappa shape index (κ2) is 10.9. The lowest BCUT2D eigenvalue weighted by molar-refractivity contribution is -0.141. The fraction of sp³-hybridized carbons (Fsp3) is 0.304. The molecule has 4 N–H and O–H groups in total. The minimum absolute atomic E-state index is 0.282. The van der Waals surface area contributed by atoms with E-state index in [-0.39, 0.29) is 5.69 Å².